The predicted octanol–water partition coefficient (Wildman–Crippen LogP) is 16.5. The highest BCUT2D eigenvalue weighted by atomic mass is 16.3. The Morgan fingerprint density at radius 3 is 1.63 bits per heavy atom. The minimum Gasteiger partial charge on any atom is -0.456 e. The van der Waals surface area contributed by atoms with Crippen molar-refractivity contribution >= 4 is 93.5 Å². The maximum Gasteiger partial charge on any atom is 0.143 e. The Kier molecular flexibility index (Phi) is 7.57. The molecule has 0 bridgehead atoms. The van der Waals surface area contributed by atoms with E-state index < -0.39 is 0 Å². The van der Waals surface area contributed by atoms with Crippen molar-refractivity contribution in [2.45, 2.75) is 0 Å². The molecule has 10 aromatic carbocycles. The quantitative estimate of drug-likeness (QED) is 0.168. The van der Waals surface area contributed by atoms with Crippen LogP contribution in [0.3, 0.4) is 0 Å². The smallest absolute Gasteiger partial charge is 0.143 e. The molecule has 0 aliphatic rings. The lowest BCUT2D eigenvalue weighted by Crippen LogP contribution is -2.10. The zero-order valence-electron chi connectivity index (χ0n) is 33.5. The fourth-order valence-electron chi connectivity index (χ4n) is 9.84. The Morgan fingerprint density at radius 2 is 0.887 bits per heavy atom. The topological polar surface area (TPSA) is 34.5 Å². The molecule has 0 fully saturated rings. The van der Waals surface area contributed by atoms with Crippen molar-refractivity contribution in [2.24, 2.45) is 0 Å². The third kappa shape index (κ3) is 5.20. The van der Waals surface area contributed by atoms with Crippen molar-refractivity contribution in [3.05, 3.63) is 218 Å². The molecule has 0 radical (unpaired) electrons. The number of anilines is 3. The number of furan rings is 2. The van der Waals surface area contributed by atoms with Crippen molar-refractivity contribution in [3.63, 3.8) is 0 Å². The number of benzene rings is 10. The van der Waals surface area contributed by atoms with Gasteiger partial charge in [-0.25, -0.2) is 0 Å². The maximum absolute atomic E-state index is 6.72. The first-order chi connectivity index (χ1) is 30.8. The van der Waals surface area contributed by atoms with Crippen molar-refractivity contribution in [1.82, 2.24) is 4.57 Å². The van der Waals surface area contributed by atoms with Gasteiger partial charge < -0.3 is 18.3 Å². The molecule has 0 aliphatic carbocycles. The van der Waals surface area contributed by atoms with Gasteiger partial charge in [-0.2, -0.15) is 0 Å². The van der Waals surface area contributed by atoms with E-state index in [-0.39, 0.29) is 0 Å². The first-order valence-electron chi connectivity index (χ1n) is 21.1. The van der Waals surface area contributed by atoms with Gasteiger partial charge in [-0.3, -0.25) is 0 Å². The third-order valence-corrected chi connectivity index (χ3v) is 12.6. The van der Waals surface area contributed by atoms with Crippen molar-refractivity contribution in [2.75, 3.05) is 4.90 Å². The zero-order valence-corrected chi connectivity index (χ0v) is 33.5. The Morgan fingerprint density at radius 1 is 0.339 bits per heavy atom. The van der Waals surface area contributed by atoms with Gasteiger partial charge in [-0.15, -0.1) is 0 Å². The molecule has 13 rings (SSSR count). The molecule has 62 heavy (non-hydrogen) atoms. The third-order valence-electron chi connectivity index (χ3n) is 12.6. The summed E-state index contributed by atoms with van der Waals surface area (Å²) in [6.45, 7) is 0. The van der Waals surface area contributed by atoms with Crippen molar-refractivity contribution < 1.29 is 8.83 Å². The molecule has 4 heteroatoms. The highest BCUT2D eigenvalue weighted by molar-refractivity contribution is 6.20. The average Bonchev–Trinajstić information content (AvgIpc) is 4.03. The van der Waals surface area contributed by atoms with Crippen LogP contribution in [0.1, 0.15) is 0 Å². The molecule has 3 aromatic heterocycles. The maximum atomic E-state index is 6.72. The van der Waals surface area contributed by atoms with E-state index in [1.165, 1.54) is 21.8 Å². The molecule has 4 nitrogen and oxygen atoms in total. The van der Waals surface area contributed by atoms with E-state index in [1.807, 2.05) is 12.1 Å². The zero-order chi connectivity index (χ0) is 40.7. The van der Waals surface area contributed by atoms with E-state index in [9.17, 15) is 0 Å². The van der Waals surface area contributed by atoms with Crippen LogP contribution in [0, 0.1) is 0 Å². The first-order valence-corrected chi connectivity index (χ1v) is 21.1. The monoisotopic (exact) mass is 792 g/mol. The second-order valence-corrected chi connectivity index (χ2v) is 16.0. The molecular formula is C58H36N2O2. The highest BCUT2D eigenvalue weighted by Crippen LogP contribution is 2.46. The second kappa shape index (κ2) is 13.6. The summed E-state index contributed by atoms with van der Waals surface area (Å²) in [5.74, 6) is 0. The van der Waals surface area contributed by atoms with Gasteiger partial charge in [0.1, 0.15) is 22.3 Å². The summed E-state index contributed by atoms with van der Waals surface area (Å²) in [6.07, 6.45) is 0. The number of hydrogen-bond donors (Lipinski definition) is 0. The standard InChI is InChI=1S/C58H36N2O2/c1-2-15-44-37(13-1)31-36-48-57-52(23-12-26-55(57)62-58(44)48)59(41-34-29-39(30-35-41)43-19-11-25-54-56(43)47-18-6-10-24-53(47)61-54)40-32-27-38(28-33-40)42-14-3-7-20-49(42)60-50-21-8-4-16-45(50)46-17-5-9-22-51(46)60/h1-36H. The first kappa shape index (κ1) is 34.5. The molecule has 0 saturated carbocycles. The molecular weight excluding hydrogens is 757 g/mol. The predicted molar refractivity (Wildman–Crippen MR) is 258 cm³/mol. The van der Waals surface area contributed by atoms with Crippen molar-refractivity contribution in [1.29, 1.82) is 0 Å². The molecule has 290 valence electrons. The van der Waals surface area contributed by atoms with Crippen LogP contribution in [0.5, 0.6) is 0 Å². The van der Waals surface area contributed by atoms with Crippen LogP contribution in [0.25, 0.3) is 104 Å². The van der Waals surface area contributed by atoms with Gasteiger partial charge in [-0.1, -0.05) is 146 Å². The number of fused-ring (bicyclic) bond motifs is 11. The summed E-state index contributed by atoms with van der Waals surface area (Å²) in [5.41, 5.74) is 14.8. The Hall–Kier alpha value is -8.34. The van der Waals surface area contributed by atoms with Crippen LogP contribution >= 0.6 is 0 Å². The van der Waals surface area contributed by atoms with Gasteiger partial charge in [0.25, 0.3) is 0 Å². The summed E-state index contributed by atoms with van der Waals surface area (Å²) in [6, 6.07) is 77.9. The summed E-state index contributed by atoms with van der Waals surface area (Å²) in [4.78, 5) is 2.37. The fraction of sp³-hybridized carbons (Fsp3) is 0. The summed E-state index contributed by atoms with van der Waals surface area (Å²) in [7, 11) is 0. The number of aromatic nitrogens is 1. The Balaban J connectivity index is 0.982. The normalized spacial score (nSPS) is 11.9. The lowest BCUT2D eigenvalue weighted by molar-refractivity contribution is 0.669. The van der Waals surface area contributed by atoms with Crippen LogP contribution in [-0.2, 0) is 0 Å². The molecule has 0 N–H and O–H groups in total. The van der Waals surface area contributed by atoms with Crippen LogP contribution in [0.15, 0.2) is 227 Å². The van der Waals surface area contributed by atoms with Gasteiger partial charge >= 0.3 is 0 Å². The van der Waals surface area contributed by atoms with E-state index in [0.29, 0.717) is 0 Å². The van der Waals surface area contributed by atoms with E-state index in [2.05, 4.69) is 216 Å². The van der Waals surface area contributed by atoms with Gasteiger partial charge in [-0.05, 0) is 94.9 Å². The minimum absolute atomic E-state index is 0.853. The largest absolute Gasteiger partial charge is 0.456 e. The van der Waals surface area contributed by atoms with Crippen LogP contribution < -0.4 is 4.90 Å². The fourth-order valence-corrected chi connectivity index (χ4v) is 9.84. The molecule has 0 saturated heterocycles. The molecule has 0 amide bonds. The lowest BCUT2D eigenvalue weighted by Gasteiger charge is -2.27. The van der Waals surface area contributed by atoms with Crippen LogP contribution in [-0.4, -0.2) is 4.57 Å². The van der Waals surface area contributed by atoms with Gasteiger partial charge in [0.15, 0.2) is 0 Å². The number of nitrogens with zero attached hydrogens (tertiary/aromatic N) is 2. The molecule has 0 atom stereocenters. The number of rotatable bonds is 6. The number of hydrogen-bond acceptors (Lipinski definition) is 3. The summed E-state index contributed by atoms with van der Waals surface area (Å²) < 4.78 is 15.4. The summed E-state index contributed by atoms with van der Waals surface area (Å²) in [5, 5.41) is 9.18. The molecule has 0 aliphatic heterocycles. The van der Waals surface area contributed by atoms with Gasteiger partial charge in [0, 0.05) is 49.3 Å². The van der Waals surface area contributed by atoms with E-state index >= 15 is 0 Å². The number of para-hydroxylation sites is 4. The van der Waals surface area contributed by atoms with E-state index in [1.54, 1.807) is 0 Å². The average molecular weight is 793 g/mol. The van der Waals surface area contributed by atoms with Gasteiger partial charge in [0.05, 0.1) is 27.8 Å². The molecule has 13 aromatic rings. The minimum atomic E-state index is 0.853. The Labute approximate surface area is 356 Å². The van der Waals surface area contributed by atoms with Crippen LogP contribution in [0.2, 0.25) is 0 Å². The van der Waals surface area contributed by atoms with E-state index in [4.69, 9.17) is 8.83 Å². The Bertz CT molecular complexity index is 3810. The van der Waals surface area contributed by atoms with Crippen LogP contribution in [0.4, 0.5) is 17.1 Å². The molecule has 0 unspecified atom stereocenters. The summed E-state index contributed by atoms with van der Waals surface area (Å²) >= 11 is 0. The molecule has 0 spiro atoms. The second-order valence-electron chi connectivity index (χ2n) is 16.0. The van der Waals surface area contributed by atoms with Gasteiger partial charge in [0.2, 0.25) is 0 Å². The van der Waals surface area contributed by atoms with Crippen molar-refractivity contribution in [3.8, 4) is 27.9 Å². The molecule has 3 heterocycles. The van der Waals surface area contributed by atoms with E-state index in [0.717, 1.165) is 99.7 Å². The lowest BCUT2D eigenvalue weighted by atomic mass is 9.98. The SMILES string of the molecule is c1ccc(-n2c3ccccc3c3ccccc32)c(-c2ccc(N(c3ccc(-c4cccc5oc6ccccc6c45)cc3)c3cccc4oc5c6ccccc6ccc5c34)cc2)c1. The highest BCUT2D eigenvalue weighted by Gasteiger charge is 2.22.